The van der Waals surface area contributed by atoms with E-state index in [0.29, 0.717) is 61.5 Å². The van der Waals surface area contributed by atoms with Crippen molar-refractivity contribution >= 4 is 35.7 Å². The second-order valence-corrected chi connectivity index (χ2v) is 18.9. The number of carboxylic acids is 2. The van der Waals surface area contributed by atoms with Crippen LogP contribution in [0.1, 0.15) is 102 Å². The first-order valence-electron chi connectivity index (χ1n) is 25.0. The van der Waals surface area contributed by atoms with Crippen molar-refractivity contribution in [2.75, 3.05) is 13.1 Å². The Labute approximate surface area is 410 Å². The van der Waals surface area contributed by atoms with E-state index in [2.05, 4.69) is 0 Å². The molecule has 3 aliphatic rings. The largest absolute Gasteiger partial charge is 0.478 e. The number of nitrogens with zero attached hydrogens (tertiary/aromatic N) is 2. The monoisotopic (exact) mass is 958 g/mol. The molecule has 14 nitrogen and oxygen atoms in total. The summed E-state index contributed by atoms with van der Waals surface area (Å²) in [5.41, 5.74) is 1.46. The molecule has 372 valence electrons. The zero-order valence-electron chi connectivity index (χ0n) is 40.2. The molecular formula is C56H66N2O12. The van der Waals surface area contributed by atoms with Gasteiger partial charge < -0.3 is 39.0 Å². The first-order valence-corrected chi connectivity index (χ1v) is 25.0. The van der Waals surface area contributed by atoms with Crippen LogP contribution in [0.3, 0.4) is 0 Å². The molecule has 0 saturated heterocycles. The molecule has 6 unspecified atom stereocenters. The molecule has 2 N–H and O–H groups in total. The van der Waals surface area contributed by atoms with Crippen molar-refractivity contribution in [1.82, 2.24) is 9.80 Å². The molecule has 0 aromatic heterocycles. The lowest BCUT2D eigenvalue weighted by Crippen LogP contribution is -2.65. The van der Waals surface area contributed by atoms with Crippen LogP contribution in [-0.2, 0) is 51.3 Å². The van der Waals surface area contributed by atoms with E-state index in [-0.39, 0.29) is 26.2 Å². The van der Waals surface area contributed by atoms with Gasteiger partial charge in [-0.2, -0.15) is 0 Å². The molecule has 4 aromatic carbocycles. The van der Waals surface area contributed by atoms with Gasteiger partial charge in [0, 0.05) is 38.0 Å². The smallest absolute Gasteiger partial charge is 0.345 e. The number of carbonyl (C=O) groups excluding carboxylic acids is 4. The first-order chi connectivity index (χ1) is 33.9. The van der Waals surface area contributed by atoms with Crippen molar-refractivity contribution in [3.05, 3.63) is 120 Å². The van der Waals surface area contributed by atoms with Gasteiger partial charge in [-0.3, -0.25) is 19.2 Å². The van der Waals surface area contributed by atoms with Gasteiger partial charge in [-0.05, 0) is 98.2 Å². The van der Waals surface area contributed by atoms with Gasteiger partial charge in [0.1, 0.15) is 23.0 Å². The van der Waals surface area contributed by atoms with Crippen LogP contribution in [0, 0.1) is 35.5 Å². The van der Waals surface area contributed by atoms with Crippen molar-refractivity contribution in [2.45, 2.75) is 116 Å². The molecule has 6 atom stereocenters. The van der Waals surface area contributed by atoms with Gasteiger partial charge in [0.15, 0.2) is 0 Å². The second kappa shape index (κ2) is 24.7. The summed E-state index contributed by atoms with van der Waals surface area (Å²) in [6.07, 6.45) is 4.76. The Kier molecular flexibility index (Phi) is 18.1. The lowest BCUT2D eigenvalue weighted by atomic mass is 9.55. The van der Waals surface area contributed by atoms with Crippen LogP contribution in [0.5, 0.6) is 23.0 Å². The summed E-state index contributed by atoms with van der Waals surface area (Å²) in [5, 5.41) is 20.9. The fourth-order valence-electron chi connectivity index (χ4n) is 10.4. The SMILES string of the molecule is CCCN(Cc1ccc(Oc2ccccc2)cc1)C(=O)C1C(C(=O)OC(C(=O)O)C2CCCCC2)C(C(=O)OC(C(=O)O)C2CCCCC2)C1C(=O)N(CCC)Cc1ccc(Oc2ccccc2)cc1. The van der Waals surface area contributed by atoms with Gasteiger partial charge in [0.25, 0.3) is 0 Å². The van der Waals surface area contributed by atoms with Crippen LogP contribution in [0.4, 0.5) is 0 Å². The molecule has 0 spiro atoms. The van der Waals surface area contributed by atoms with Crippen molar-refractivity contribution in [1.29, 1.82) is 0 Å². The highest BCUT2D eigenvalue weighted by Gasteiger charge is 2.66. The lowest BCUT2D eigenvalue weighted by Gasteiger charge is -2.50. The van der Waals surface area contributed by atoms with Gasteiger partial charge >= 0.3 is 23.9 Å². The van der Waals surface area contributed by atoms with Crippen molar-refractivity contribution < 1.29 is 57.9 Å². The number of para-hydroxylation sites is 2. The number of hydrogen-bond acceptors (Lipinski definition) is 10. The highest BCUT2D eigenvalue weighted by Crippen LogP contribution is 2.51. The maximum atomic E-state index is 15.4. The van der Waals surface area contributed by atoms with E-state index in [0.717, 1.165) is 49.7 Å². The molecule has 3 saturated carbocycles. The Morgan fingerprint density at radius 3 is 1.11 bits per heavy atom. The molecule has 7 rings (SSSR count). The molecule has 0 radical (unpaired) electrons. The summed E-state index contributed by atoms with van der Waals surface area (Å²) < 4.78 is 23.8. The van der Waals surface area contributed by atoms with Crippen LogP contribution in [-0.4, -0.2) is 81.0 Å². The van der Waals surface area contributed by atoms with Gasteiger partial charge in [0.2, 0.25) is 24.0 Å². The van der Waals surface area contributed by atoms with E-state index in [1.807, 2.05) is 98.8 Å². The van der Waals surface area contributed by atoms with Gasteiger partial charge in [0.05, 0.1) is 23.7 Å². The normalized spacial score (nSPS) is 20.1. The fourth-order valence-corrected chi connectivity index (χ4v) is 10.4. The number of carbonyl (C=O) groups is 6. The fraction of sp³-hybridized carbons (Fsp3) is 0.464. The summed E-state index contributed by atoms with van der Waals surface area (Å²) in [4.78, 5) is 89.3. The maximum absolute atomic E-state index is 15.4. The van der Waals surface area contributed by atoms with E-state index in [1.165, 1.54) is 0 Å². The Hall–Kier alpha value is -6.70. The minimum atomic E-state index is -1.65. The first kappa shape index (κ1) is 51.2. The van der Waals surface area contributed by atoms with E-state index in [4.69, 9.17) is 18.9 Å². The number of ether oxygens (including phenoxy) is 4. The summed E-state index contributed by atoms with van der Waals surface area (Å²) in [7, 11) is 0. The summed E-state index contributed by atoms with van der Waals surface area (Å²) in [6, 6.07) is 33.0. The number of amides is 2. The van der Waals surface area contributed by atoms with E-state index < -0.39 is 83.4 Å². The summed E-state index contributed by atoms with van der Waals surface area (Å²) >= 11 is 0. The molecule has 0 bridgehead atoms. The third-order valence-corrected chi connectivity index (χ3v) is 14.0. The Balaban J connectivity index is 1.25. The average molecular weight is 959 g/mol. The van der Waals surface area contributed by atoms with Crippen LogP contribution < -0.4 is 9.47 Å². The number of hydrogen-bond donors (Lipinski definition) is 2. The molecule has 0 aliphatic heterocycles. The van der Waals surface area contributed by atoms with Crippen LogP contribution in [0.15, 0.2) is 109 Å². The minimum Gasteiger partial charge on any atom is -0.478 e. The highest BCUT2D eigenvalue weighted by molar-refractivity contribution is 6.01. The van der Waals surface area contributed by atoms with Crippen LogP contribution in [0.2, 0.25) is 0 Å². The Morgan fingerprint density at radius 1 is 0.471 bits per heavy atom. The summed E-state index contributed by atoms with van der Waals surface area (Å²) in [5.74, 6) is -10.9. The molecule has 3 fully saturated rings. The Bertz CT molecular complexity index is 2200. The number of benzene rings is 4. The standard InChI is InChI=1S/C56H66N2O12/c1-3-33-57(35-37-25-29-43(30-26-37)67-41-21-13-7-14-22-41)51(59)45-46(52(60)58(34-4-2)36-38-27-31-44(32-28-38)68-42-23-15-8-16-24-42)48(56(66)70-50(54(63)64)40-19-11-6-12-20-40)47(45)55(65)69-49(53(61)62)39-17-9-5-10-18-39/h7-8,13-16,21-32,39-40,45-50H,3-6,9-12,17-20,33-36H2,1-2H3,(H,61,62)(H,63,64). The van der Waals surface area contributed by atoms with Crippen molar-refractivity contribution in [3.63, 3.8) is 0 Å². The predicted molar refractivity (Wildman–Crippen MR) is 259 cm³/mol. The topological polar surface area (TPSA) is 186 Å². The second-order valence-electron chi connectivity index (χ2n) is 18.9. The molecule has 4 aromatic rings. The zero-order chi connectivity index (χ0) is 49.6. The van der Waals surface area contributed by atoms with E-state index in [9.17, 15) is 29.4 Å². The average Bonchev–Trinajstić information content (AvgIpc) is 3.36. The quantitative estimate of drug-likeness (QED) is 0.0711. The van der Waals surface area contributed by atoms with Crippen LogP contribution >= 0.6 is 0 Å². The number of aliphatic carboxylic acids is 2. The zero-order valence-corrected chi connectivity index (χ0v) is 40.2. The third kappa shape index (κ3) is 12.9. The molecule has 0 heterocycles. The molecule has 2 amide bonds. The van der Waals surface area contributed by atoms with Crippen molar-refractivity contribution in [3.8, 4) is 23.0 Å². The predicted octanol–water partition coefficient (Wildman–Crippen LogP) is 10.1. The summed E-state index contributed by atoms with van der Waals surface area (Å²) in [6.45, 7) is 4.37. The van der Waals surface area contributed by atoms with Gasteiger partial charge in [-0.25, -0.2) is 9.59 Å². The molecular weight excluding hydrogens is 893 g/mol. The maximum Gasteiger partial charge on any atom is 0.345 e. The third-order valence-electron chi connectivity index (χ3n) is 14.0. The van der Waals surface area contributed by atoms with Gasteiger partial charge in [-0.15, -0.1) is 0 Å². The number of rotatable bonds is 22. The van der Waals surface area contributed by atoms with E-state index >= 15 is 9.59 Å². The minimum absolute atomic E-state index is 0.0747. The number of esters is 2. The van der Waals surface area contributed by atoms with E-state index in [1.54, 1.807) is 34.1 Å². The molecule has 14 heteroatoms. The van der Waals surface area contributed by atoms with Crippen molar-refractivity contribution in [2.24, 2.45) is 35.5 Å². The highest BCUT2D eigenvalue weighted by atomic mass is 16.6. The molecule has 3 aliphatic carbocycles. The molecule has 70 heavy (non-hydrogen) atoms. The number of carboxylic acid groups (broad SMARTS) is 2. The lowest BCUT2D eigenvalue weighted by molar-refractivity contribution is -0.202. The van der Waals surface area contributed by atoms with Crippen LogP contribution in [0.25, 0.3) is 0 Å². The van der Waals surface area contributed by atoms with Gasteiger partial charge in [-0.1, -0.05) is 113 Å². The Morgan fingerprint density at radius 2 is 0.800 bits per heavy atom.